The summed E-state index contributed by atoms with van der Waals surface area (Å²) in [6.07, 6.45) is -3.73. The molecular weight excluding hydrogens is 257 g/mol. The summed E-state index contributed by atoms with van der Waals surface area (Å²) in [5.74, 6) is 0. The summed E-state index contributed by atoms with van der Waals surface area (Å²) in [4.78, 5) is 1.95. The molecule has 1 aromatic rings. The van der Waals surface area contributed by atoms with E-state index in [2.05, 4.69) is 4.74 Å². The highest BCUT2D eigenvalue weighted by Gasteiger charge is 2.30. The van der Waals surface area contributed by atoms with E-state index in [0.29, 0.717) is 13.1 Å². The van der Waals surface area contributed by atoms with Gasteiger partial charge in [0, 0.05) is 25.7 Å². The third-order valence-corrected chi connectivity index (χ3v) is 3.39. The highest BCUT2D eigenvalue weighted by Crippen LogP contribution is 2.28. The van der Waals surface area contributed by atoms with Crippen LogP contribution in [0.15, 0.2) is 24.3 Å². The maximum Gasteiger partial charge on any atom is 0.522 e. The van der Waals surface area contributed by atoms with Crippen LogP contribution in [0.2, 0.25) is 0 Å². The number of fused-ring (bicyclic) bond motifs is 1. The van der Waals surface area contributed by atoms with Gasteiger partial charge in [0.2, 0.25) is 0 Å². The Balaban J connectivity index is 2.00. The van der Waals surface area contributed by atoms with Gasteiger partial charge in [0.25, 0.3) is 0 Å². The molecule has 0 spiro atoms. The molecule has 0 saturated heterocycles. The third-order valence-electron chi connectivity index (χ3n) is 3.39. The molecule has 3 nitrogen and oxygen atoms in total. The number of nitrogens with zero attached hydrogens (tertiary/aromatic N) is 1. The predicted molar refractivity (Wildman–Crippen MR) is 65.5 cm³/mol. The minimum atomic E-state index is -4.56. The Labute approximate surface area is 110 Å². The van der Waals surface area contributed by atoms with Crippen LogP contribution in [0.3, 0.4) is 0 Å². The highest BCUT2D eigenvalue weighted by atomic mass is 19.4. The smallest absolute Gasteiger partial charge is 0.329 e. The molecule has 2 rings (SSSR count). The Morgan fingerprint density at radius 3 is 2.74 bits per heavy atom. The Morgan fingerprint density at radius 1 is 1.32 bits per heavy atom. The largest absolute Gasteiger partial charge is 0.522 e. The van der Waals surface area contributed by atoms with E-state index < -0.39 is 6.36 Å². The van der Waals surface area contributed by atoms with E-state index in [1.54, 1.807) is 0 Å². The van der Waals surface area contributed by atoms with Crippen molar-refractivity contribution in [2.75, 3.05) is 26.2 Å². The Bertz CT molecular complexity index is 423. The van der Waals surface area contributed by atoms with Gasteiger partial charge in [-0.3, -0.25) is 9.64 Å². The van der Waals surface area contributed by atoms with Gasteiger partial charge in [0.05, 0.1) is 6.61 Å². The first-order valence-electron chi connectivity index (χ1n) is 6.24. The molecule has 106 valence electrons. The van der Waals surface area contributed by atoms with E-state index in [0.717, 1.165) is 12.0 Å². The van der Waals surface area contributed by atoms with Gasteiger partial charge in [-0.2, -0.15) is 0 Å². The summed E-state index contributed by atoms with van der Waals surface area (Å²) in [5.41, 5.74) is 8.10. The van der Waals surface area contributed by atoms with Gasteiger partial charge >= 0.3 is 6.36 Å². The molecule has 0 saturated carbocycles. The van der Waals surface area contributed by atoms with Gasteiger partial charge in [0.15, 0.2) is 0 Å². The summed E-state index contributed by atoms with van der Waals surface area (Å²) in [6, 6.07) is 7.90. The minimum Gasteiger partial charge on any atom is -0.329 e. The predicted octanol–water partition coefficient (Wildman–Crippen LogP) is 2.08. The van der Waals surface area contributed by atoms with E-state index >= 15 is 0 Å². The van der Waals surface area contributed by atoms with Crippen LogP contribution in [-0.2, 0) is 11.2 Å². The van der Waals surface area contributed by atoms with Crippen LogP contribution < -0.4 is 5.73 Å². The van der Waals surface area contributed by atoms with Crippen molar-refractivity contribution in [3.63, 3.8) is 0 Å². The zero-order valence-electron chi connectivity index (χ0n) is 10.5. The number of halogens is 3. The van der Waals surface area contributed by atoms with Crippen LogP contribution in [0.5, 0.6) is 0 Å². The Morgan fingerprint density at radius 2 is 2.05 bits per heavy atom. The van der Waals surface area contributed by atoms with Crippen LogP contribution in [0, 0.1) is 0 Å². The van der Waals surface area contributed by atoms with E-state index in [1.807, 2.05) is 29.2 Å². The standard InChI is InChI=1S/C13H17F3N2O/c14-13(15,16)19-8-7-18-6-5-10-3-1-2-4-11(10)12(18)9-17/h1-4,12H,5-9,17H2. The lowest BCUT2D eigenvalue weighted by atomic mass is 9.92. The molecule has 0 fully saturated rings. The zero-order chi connectivity index (χ0) is 13.9. The molecule has 1 atom stereocenters. The van der Waals surface area contributed by atoms with Gasteiger partial charge in [-0.15, -0.1) is 13.2 Å². The summed E-state index contributed by atoms with van der Waals surface area (Å²) >= 11 is 0. The molecule has 1 aliphatic rings. The average molecular weight is 274 g/mol. The fourth-order valence-corrected chi connectivity index (χ4v) is 2.53. The average Bonchev–Trinajstić information content (AvgIpc) is 2.37. The molecular formula is C13H17F3N2O. The first-order chi connectivity index (χ1) is 9.01. The van der Waals surface area contributed by atoms with Crippen molar-refractivity contribution in [3.8, 4) is 0 Å². The second-order valence-corrected chi connectivity index (χ2v) is 4.53. The fraction of sp³-hybridized carbons (Fsp3) is 0.538. The van der Waals surface area contributed by atoms with Crippen molar-refractivity contribution in [1.82, 2.24) is 4.90 Å². The van der Waals surface area contributed by atoms with Crippen LogP contribution in [0.1, 0.15) is 17.2 Å². The number of ether oxygens (including phenoxy) is 1. The molecule has 6 heteroatoms. The minimum absolute atomic E-state index is 0.0261. The molecule has 1 aromatic carbocycles. The van der Waals surface area contributed by atoms with Crippen molar-refractivity contribution < 1.29 is 17.9 Å². The second-order valence-electron chi connectivity index (χ2n) is 4.53. The summed E-state index contributed by atoms with van der Waals surface area (Å²) < 4.78 is 39.7. The molecule has 0 aromatic heterocycles. The molecule has 2 N–H and O–H groups in total. The van der Waals surface area contributed by atoms with Crippen LogP contribution in [-0.4, -0.2) is 37.5 Å². The van der Waals surface area contributed by atoms with Gasteiger partial charge in [-0.25, -0.2) is 0 Å². The zero-order valence-corrected chi connectivity index (χ0v) is 10.5. The SMILES string of the molecule is NCC1c2ccccc2CCN1CCOC(F)(F)F. The van der Waals surface area contributed by atoms with Gasteiger partial charge in [0.1, 0.15) is 0 Å². The normalized spacial score (nSPS) is 20.3. The molecule has 1 aliphatic heterocycles. The maximum absolute atomic E-state index is 12.0. The molecule has 0 radical (unpaired) electrons. The molecule has 0 aliphatic carbocycles. The fourth-order valence-electron chi connectivity index (χ4n) is 2.53. The molecule has 19 heavy (non-hydrogen) atoms. The monoisotopic (exact) mass is 274 g/mol. The first-order valence-corrected chi connectivity index (χ1v) is 6.24. The number of hydrogen-bond donors (Lipinski definition) is 1. The second kappa shape index (κ2) is 5.90. The number of hydrogen-bond acceptors (Lipinski definition) is 3. The van der Waals surface area contributed by atoms with Gasteiger partial charge in [-0.1, -0.05) is 24.3 Å². The quantitative estimate of drug-likeness (QED) is 0.913. The topological polar surface area (TPSA) is 38.5 Å². The number of benzene rings is 1. The molecule has 1 unspecified atom stereocenters. The lowest BCUT2D eigenvalue weighted by Crippen LogP contribution is -2.41. The van der Waals surface area contributed by atoms with Gasteiger partial charge < -0.3 is 5.73 Å². The van der Waals surface area contributed by atoms with Crippen molar-refractivity contribution in [3.05, 3.63) is 35.4 Å². The summed E-state index contributed by atoms with van der Waals surface area (Å²) in [6.45, 7) is 0.973. The highest BCUT2D eigenvalue weighted by molar-refractivity contribution is 5.32. The lowest BCUT2D eigenvalue weighted by Gasteiger charge is -2.36. The van der Waals surface area contributed by atoms with Crippen molar-refractivity contribution in [2.45, 2.75) is 18.8 Å². The summed E-state index contributed by atoms with van der Waals surface area (Å²) in [5, 5.41) is 0. The van der Waals surface area contributed by atoms with Gasteiger partial charge in [-0.05, 0) is 17.5 Å². The number of rotatable bonds is 4. The Kier molecular flexibility index (Phi) is 4.44. The van der Waals surface area contributed by atoms with Crippen molar-refractivity contribution in [2.24, 2.45) is 5.73 Å². The number of alkyl halides is 3. The van der Waals surface area contributed by atoms with Crippen LogP contribution >= 0.6 is 0 Å². The molecule has 1 heterocycles. The van der Waals surface area contributed by atoms with E-state index in [1.165, 1.54) is 5.56 Å². The molecule has 0 amide bonds. The van der Waals surface area contributed by atoms with Crippen molar-refractivity contribution >= 4 is 0 Å². The lowest BCUT2D eigenvalue weighted by molar-refractivity contribution is -0.325. The first kappa shape index (κ1) is 14.3. The van der Waals surface area contributed by atoms with E-state index in [-0.39, 0.29) is 19.2 Å². The van der Waals surface area contributed by atoms with Crippen molar-refractivity contribution in [1.29, 1.82) is 0 Å². The van der Waals surface area contributed by atoms with Crippen LogP contribution in [0.25, 0.3) is 0 Å². The van der Waals surface area contributed by atoms with E-state index in [9.17, 15) is 13.2 Å². The number of nitrogens with two attached hydrogens (primary N) is 1. The van der Waals surface area contributed by atoms with E-state index in [4.69, 9.17) is 5.73 Å². The third kappa shape index (κ3) is 3.68. The molecule has 0 bridgehead atoms. The maximum atomic E-state index is 12.0. The Hall–Kier alpha value is -1.11. The van der Waals surface area contributed by atoms with Crippen LogP contribution in [0.4, 0.5) is 13.2 Å². The summed E-state index contributed by atoms with van der Waals surface area (Å²) in [7, 11) is 0.